The zero-order valence-corrected chi connectivity index (χ0v) is 17.6. The number of hydrogen-bond donors (Lipinski definition) is 1. The van der Waals surface area contributed by atoms with Crippen LogP contribution in [0.1, 0.15) is 21.5 Å². The maximum Gasteiger partial charge on any atom is 0.251 e. The van der Waals surface area contributed by atoms with Gasteiger partial charge >= 0.3 is 0 Å². The minimum atomic E-state index is -3.32. The highest BCUT2D eigenvalue weighted by Gasteiger charge is 2.26. The summed E-state index contributed by atoms with van der Waals surface area (Å²) in [6, 6.07) is 8.50. The minimum absolute atomic E-state index is 0.231. The van der Waals surface area contributed by atoms with E-state index in [1.54, 1.807) is 37.4 Å². The van der Waals surface area contributed by atoms with Crippen LogP contribution in [-0.4, -0.2) is 48.5 Å². The minimum Gasteiger partial charge on any atom is -0.496 e. The lowest BCUT2D eigenvalue weighted by molar-refractivity contribution is 0.0950. The van der Waals surface area contributed by atoms with Crippen molar-refractivity contribution < 1.29 is 27.4 Å². The van der Waals surface area contributed by atoms with Gasteiger partial charge in [0.2, 0.25) is 10.0 Å². The van der Waals surface area contributed by atoms with Crippen LogP contribution in [0, 0.1) is 0 Å². The molecule has 1 aliphatic rings. The zero-order valence-electron chi connectivity index (χ0n) is 16.8. The summed E-state index contributed by atoms with van der Waals surface area (Å²) in [5.74, 6) is 1.38. The summed E-state index contributed by atoms with van der Waals surface area (Å²) < 4.78 is 41.0. The van der Waals surface area contributed by atoms with E-state index >= 15 is 0 Å². The Labute approximate surface area is 170 Å². The van der Waals surface area contributed by atoms with Crippen LogP contribution in [-0.2, 0) is 23.0 Å². The number of hydrogen-bond acceptors (Lipinski definition) is 6. The van der Waals surface area contributed by atoms with Crippen molar-refractivity contribution in [2.75, 3.05) is 38.4 Å². The van der Waals surface area contributed by atoms with E-state index < -0.39 is 10.0 Å². The largest absolute Gasteiger partial charge is 0.496 e. The number of sulfonamides is 1. The van der Waals surface area contributed by atoms with Gasteiger partial charge in [-0.1, -0.05) is 0 Å². The van der Waals surface area contributed by atoms with Crippen molar-refractivity contribution >= 4 is 21.6 Å². The van der Waals surface area contributed by atoms with Crippen molar-refractivity contribution in [3.63, 3.8) is 0 Å². The first-order valence-corrected chi connectivity index (χ1v) is 10.8. The molecule has 0 saturated heterocycles. The second-order valence-electron chi connectivity index (χ2n) is 6.63. The number of methoxy groups -OCH3 is 3. The lowest BCUT2D eigenvalue weighted by atomic mass is 10.1. The highest BCUT2D eigenvalue weighted by molar-refractivity contribution is 7.92. The number of nitrogens with zero attached hydrogens (tertiary/aromatic N) is 1. The van der Waals surface area contributed by atoms with Gasteiger partial charge in [0, 0.05) is 30.3 Å². The van der Waals surface area contributed by atoms with Gasteiger partial charge in [-0.05, 0) is 36.2 Å². The van der Waals surface area contributed by atoms with E-state index in [4.69, 9.17) is 14.2 Å². The third-order valence-corrected chi connectivity index (χ3v) is 6.00. The maximum absolute atomic E-state index is 12.6. The summed E-state index contributed by atoms with van der Waals surface area (Å²) in [6.45, 7) is 0.622. The van der Waals surface area contributed by atoms with Gasteiger partial charge < -0.3 is 19.5 Å². The molecule has 0 saturated carbocycles. The summed E-state index contributed by atoms with van der Waals surface area (Å²) in [6.07, 6.45) is 1.76. The van der Waals surface area contributed by atoms with E-state index in [9.17, 15) is 13.2 Å². The van der Waals surface area contributed by atoms with E-state index in [2.05, 4.69) is 5.32 Å². The Morgan fingerprint density at radius 2 is 1.69 bits per heavy atom. The van der Waals surface area contributed by atoms with Crippen LogP contribution < -0.4 is 23.8 Å². The van der Waals surface area contributed by atoms with E-state index in [-0.39, 0.29) is 12.5 Å². The first-order chi connectivity index (χ1) is 13.8. The fourth-order valence-electron chi connectivity index (χ4n) is 3.37. The molecule has 1 amide bonds. The SMILES string of the molecule is COc1cc(OC)c(OC)cc1CNC(=O)c1ccc2c(c1)CCN2S(C)(=O)=O. The number of fused-ring (bicyclic) bond motifs is 1. The molecule has 0 fully saturated rings. The van der Waals surface area contributed by atoms with Gasteiger partial charge in [0.25, 0.3) is 5.91 Å². The molecule has 2 aromatic carbocycles. The van der Waals surface area contributed by atoms with Crippen LogP contribution >= 0.6 is 0 Å². The van der Waals surface area contributed by atoms with Gasteiger partial charge in [0.05, 0.1) is 33.3 Å². The molecule has 0 atom stereocenters. The zero-order chi connectivity index (χ0) is 21.2. The van der Waals surface area contributed by atoms with Crippen molar-refractivity contribution in [2.45, 2.75) is 13.0 Å². The van der Waals surface area contributed by atoms with Gasteiger partial charge in [-0.3, -0.25) is 9.10 Å². The number of benzene rings is 2. The molecule has 1 N–H and O–H groups in total. The van der Waals surface area contributed by atoms with Gasteiger partial charge in [0.15, 0.2) is 11.5 Å². The molecule has 2 aromatic rings. The van der Waals surface area contributed by atoms with E-state index in [0.29, 0.717) is 41.5 Å². The summed E-state index contributed by atoms with van der Waals surface area (Å²) >= 11 is 0. The lowest BCUT2D eigenvalue weighted by Crippen LogP contribution is -2.27. The summed E-state index contributed by atoms with van der Waals surface area (Å²) in [4.78, 5) is 12.6. The molecular formula is C20H24N2O6S. The predicted molar refractivity (Wildman–Crippen MR) is 110 cm³/mol. The van der Waals surface area contributed by atoms with Crippen molar-refractivity contribution in [3.05, 3.63) is 47.0 Å². The summed E-state index contributed by atoms with van der Waals surface area (Å²) in [5, 5.41) is 2.86. The molecule has 0 unspecified atom stereocenters. The Morgan fingerprint density at radius 3 is 2.31 bits per heavy atom. The second kappa shape index (κ2) is 8.20. The average molecular weight is 420 g/mol. The fraction of sp³-hybridized carbons (Fsp3) is 0.350. The molecule has 156 valence electrons. The van der Waals surface area contributed by atoms with Crippen LogP contribution in [0.25, 0.3) is 0 Å². The number of carbonyl (C=O) groups is 1. The quantitative estimate of drug-likeness (QED) is 0.736. The van der Waals surface area contributed by atoms with Crippen LogP contribution in [0.5, 0.6) is 17.2 Å². The summed E-state index contributed by atoms with van der Waals surface area (Å²) in [5.41, 5.74) is 2.68. The molecule has 0 radical (unpaired) electrons. The fourth-order valence-corrected chi connectivity index (χ4v) is 4.32. The predicted octanol–water partition coefficient (Wildman–Crippen LogP) is 1.96. The van der Waals surface area contributed by atoms with Crippen LogP contribution in [0.4, 0.5) is 5.69 Å². The first kappa shape index (κ1) is 20.8. The van der Waals surface area contributed by atoms with Crippen molar-refractivity contribution in [3.8, 4) is 17.2 Å². The molecular weight excluding hydrogens is 396 g/mol. The highest BCUT2D eigenvalue weighted by atomic mass is 32.2. The summed E-state index contributed by atoms with van der Waals surface area (Å²) in [7, 11) is 1.30. The van der Waals surface area contributed by atoms with E-state index in [1.165, 1.54) is 24.8 Å². The molecule has 8 nitrogen and oxygen atoms in total. The number of rotatable bonds is 7. The number of carbonyl (C=O) groups excluding carboxylic acids is 1. The monoisotopic (exact) mass is 420 g/mol. The van der Waals surface area contributed by atoms with Crippen LogP contribution in [0.15, 0.2) is 30.3 Å². The number of anilines is 1. The lowest BCUT2D eigenvalue weighted by Gasteiger charge is -2.16. The molecule has 0 bridgehead atoms. The molecule has 0 spiro atoms. The molecule has 0 aliphatic carbocycles. The average Bonchev–Trinajstić information content (AvgIpc) is 3.14. The van der Waals surface area contributed by atoms with Crippen molar-refractivity contribution in [1.82, 2.24) is 5.32 Å². The van der Waals surface area contributed by atoms with E-state index in [0.717, 1.165) is 11.1 Å². The Hall–Kier alpha value is -2.94. The van der Waals surface area contributed by atoms with Gasteiger partial charge in [-0.2, -0.15) is 0 Å². The normalized spacial score (nSPS) is 13.0. The van der Waals surface area contributed by atoms with Crippen molar-refractivity contribution in [1.29, 1.82) is 0 Å². The van der Waals surface area contributed by atoms with Gasteiger partial charge in [-0.25, -0.2) is 8.42 Å². The second-order valence-corrected chi connectivity index (χ2v) is 8.54. The van der Waals surface area contributed by atoms with Crippen molar-refractivity contribution in [2.24, 2.45) is 0 Å². The Bertz CT molecular complexity index is 1040. The maximum atomic E-state index is 12.6. The topological polar surface area (TPSA) is 94.2 Å². The molecule has 9 heteroatoms. The molecule has 3 rings (SSSR count). The molecule has 1 aliphatic heterocycles. The molecule has 29 heavy (non-hydrogen) atoms. The van der Waals surface area contributed by atoms with Crippen LogP contribution in [0.3, 0.4) is 0 Å². The highest BCUT2D eigenvalue weighted by Crippen LogP contribution is 2.35. The Balaban J connectivity index is 1.77. The van der Waals surface area contributed by atoms with Gasteiger partial charge in [0.1, 0.15) is 5.75 Å². The number of amides is 1. The number of ether oxygens (including phenoxy) is 3. The number of nitrogens with one attached hydrogen (secondary N) is 1. The molecule has 1 heterocycles. The molecule has 0 aromatic heterocycles. The Morgan fingerprint density at radius 1 is 1.03 bits per heavy atom. The Kier molecular flexibility index (Phi) is 5.88. The third-order valence-electron chi connectivity index (χ3n) is 4.82. The first-order valence-electron chi connectivity index (χ1n) is 8.96. The smallest absolute Gasteiger partial charge is 0.251 e. The van der Waals surface area contributed by atoms with Crippen LogP contribution in [0.2, 0.25) is 0 Å². The van der Waals surface area contributed by atoms with Gasteiger partial charge in [-0.15, -0.1) is 0 Å². The standard InChI is InChI=1S/C20H24N2O6S/c1-26-17-11-19(28-3)18(27-2)10-15(17)12-21-20(23)14-5-6-16-13(9-14)7-8-22(16)29(4,24)25/h5-6,9-11H,7-8,12H2,1-4H3,(H,21,23). The van der Waals surface area contributed by atoms with E-state index in [1.807, 2.05) is 0 Å². The third kappa shape index (κ3) is 4.24.